The number of carbonyl (C=O) groups is 1. The number of ether oxygens (including phenoxy) is 1. The molecule has 19 heavy (non-hydrogen) atoms. The largest absolute Gasteiger partial charge is 0.390 e. The van der Waals surface area contributed by atoms with E-state index in [0.717, 1.165) is 31.4 Å². The van der Waals surface area contributed by atoms with E-state index < -0.39 is 0 Å². The third-order valence-electron chi connectivity index (χ3n) is 3.73. The van der Waals surface area contributed by atoms with Gasteiger partial charge in [0.15, 0.2) is 0 Å². The predicted octanol–water partition coefficient (Wildman–Crippen LogP) is 1.43. The molecule has 1 atom stereocenters. The van der Waals surface area contributed by atoms with Crippen molar-refractivity contribution in [2.75, 3.05) is 18.5 Å². The van der Waals surface area contributed by atoms with Crippen LogP contribution in [0.4, 0.5) is 5.82 Å². The van der Waals surface area contributed by atoms with Crippen LogP contribution in [0.2, 0.25) is 0 Å². The van der Waals surface area contributed by atoms with Gasteiger partial charge in [0.05, 0.1) is 18.9 Å². The van der Waals surface area contributed by atoms with Gasteiger partial charge in [-0.25, -0.2) is 4.98 Å². The van der Waals surface area contributed by atoms with Crippen LogP contribution in [0.25, 0.3) is 0 Å². The second kappa shape index (κ2) is 5.27. The van der Waals surface area contributed by atoms with E-state index in [2.05, 4.69) is 10.3 Å². The molecule has 102 valence electrons. The van der Waals surface area contributed by atoms with Crippen molar-refractivity contribution in [3.05, 3.63) is 23.4 Å². The molecule has 1 unspecified atom stereocenters. The number of nitrogens with zero attached hydrogens (tertiary/aromatic N) is 1. The summed E-state index contributed by atoms with van der Waals surface area (Å²) in [7, 11) is 0. The van der Waals surface area contributed by atoms with E-state index >= 15 is 0 Å². The summed E-state index contributed by atoms with van der Waals surface area (Å²) in [4.78, 5) is 16.0. The van der Waals surface area contributed by atoms with Crippen LogP contribution in [-0.4, -0.2) is 29.2 Å². The number of aromatic nitrogens is 1. The van der Waals surface area contributed by atoms with Gasteiger partial charge in [0.2, 0.25) is 5.91 Å². The highest BCUT2D eigenvalue weighted by molar-refractivity contribution is 5.93. The van der Waals surface area contributed by atoms with Crippen LogP contribution in [0.15, 0.2) is 12.1 Å². The smallest absolute Gasteiger partial charge is 0.228 e. The van der Waals surface area contributed by atoms with E-state index in [9.17, 15) is 9.90 Å². The molecule has 1 aliphatic carbocycles. The molecule has 3 rings (SSSR count). The maximum atomic E-state index is 11.7. The molecule has 0 spiro atoms. The van der Waals surface area contributed by atoms with Crippen molar-refractivity contribution in [2.24, 2.45) is 5.92 Å². The van der Waals surface area contributed by atoms with Crippen molar-refractivity contribution >= 4 is 11.7 Å². The minimum Gasteiger partial charge on any atom is -0.390 e. The summed E-state index contributed by atoms with van der Waals surface area (Å²) in [5.41, 5.74) is 1.67. The molecule has 1 aromatic heterocycles. The zero-order valence-corrected chi connectivity index (χ0v) is 10.8. The Labute approximate surface area is 112 Å². The summed E-state index contributed by atoms with van der Waals surface area (Å²) in [6, 6.07) is 3.76. The SMILES string of the molecule is O=C(Nc1ccc(C2CCOC2)c(CO)n1)C1CC1. The third kappa shape index (κ3) is 2.77. The van der Waals surface area contributed by atoms with Crippen molar-refractivity contribution in [3.8, 4) is 0 Å². The number of hydrogen-bond donors (Lipinski definition) is 2. The highest BCUT2D eigenvalue weighted by Gasteiger charge is 2.30. The summed E-state index contributed by atoms with van der Waals surface area (Å²) >= 11 is 0. The van der Waals surface area contributed by atoms with Gasteiger partial charge in [-0.2, -0.15) is 0 Å². The van der Waals surface area contributed by atoms with Gasteiger partial charge in [0, 0.05) is 18.4 Å². The lowest BCUT2D eigenvalue weighted by Crippen LogP contribution is -2.15. The molecule has 1 aliphatic heterocycles. The van der Waals surface area contributed by atoms with E-state index in [-0.39, 0.29) is 18.4 Å². The van der Waals surface area contributed by atoms with Gasteiger partial charge < -0.3 is 15.2 Å². The van der Waals surface area contributed by atoms with Gasteiger partial charge in [0.25, 0.3) is 0 Å². The lowest BCUT2D eigenvalue weighted by Gasteiger charge is -2.13. The molecule has 1 aromatic rings. The molecule has 2 aliphatic rings. The van der Waals surface area contributed by atoms with E-state index in [4.69, 9.17) is 4.74 Å². The van der Waals surface area contributed by atoms with Crippen molar-refractivity contribution in [1.82, 2.24) is 4.98 Å². The summed E-state index contributed by atoms with van der Waals surface area (Å²) in [5, 5.41) is 12.2. The first-order chi connectivity index (χ1) is 9.28. The van der Waals surface area contributed by atoms with E-state index in [1.807, 2.05) is 12.1 Å². The van der Waals surface area contributed by atoms with Gasteiger partial charge >= 0.3 is 0 Å². The van der Waals surface area contributed by atoms with Crippen LogP contribution in [0.1, 0.15) is 36.4 Å². The summed E-state index contributed by atoms with van der Waals surface area (Å²) in [5.74, 6) is 1.03. The van der Waals surface area contributed by atoms with Gasteiger partial charge in [-0.05, 0) is 30.9 Å². The van der Waals surface area contributed by atoms with Crippen LogP contribution in [0.5, 0.6) is 0 Å². The van der Waals surface area contributed by atoms with Gasteiger partial charge in [-0.3, -0.25) is 4.79 Å². The van der Waals surface area contributed by atoms with Gasteiger partial charge in [-0.15, -0.1) is 0 Å². The number of aliphatic hydroxyl groups is 1. The number of pyridine rings is 1. The summed E-state index contributed by atoms with van der Waals surface area (Å²) in [6.45, 7) is 1.33. The Morgan fingerprint density at radius 1 is 1.42 bits per heavy atom. The van der Waals surface area contributed by atoms with E-state index in [1.165, 1.54) is 0 Å². The molecular formula is C14H18N2O3. The Bertz CT molecular complexity index is 480. The molecule has 0 aromatic carbocycles. The molecule has 2 fully saturated rings. The summed E-state index contributed by atoms with van der Waals surface area (Å²) in [6.07, 6.45) is 2.90. The lowest BCUT2D eigenvalue weighted by molar-refractivity contribution is -0.117. The van der Waals surface area contributed by atoms with E-state index in [0.29, 0.717) is 24.0 Å². The average Bonchev–Trinajstić information content (AvgIpc) is 3.15. The highest BCUT2D eigenvalue weighted by atomic mass is 16.5. The van der Waals surface area contributed by atoms with Crippen LogP contribution < -0.4 is 5.32 Å². The lowest BCUT2D eigenvalue weighted by atomic mass is 9.97. The standard InChI is InChI=1S/C14H18N2O3/c17-7-12-11(10-5-6-19-8-10)3-4-13(15-12)16-14(18)9-1-2-9/h3-4,9-10,17H,1-2,5-8H2,(H,15,16,18). The topological polar surface area (TPSA) is 71.5 Å². The minimum absolute atomic E-state index is 0.0355. The van der Waals surface area contributed by atoms with Crippen LogP contribution in [0, 0.1) is 5.92 Å². The second-order valence-corrected chi connectivity index (χ2v) is 5.21. The zero-order valence-electron chi connectivity index (χ0n) is 10.8. The molecule has 0 radical (unpaired) electrons. The molecular weight excluding hydrogens is 244 g/mol. The predicted molar refractivity (Wildman–Crippen MR) is 69.7 cm³/mol. The monoisotopic (exact) mass is 262 g/mol. The molecule has 0 bridgehead atoms. The van der Waals surface area contributed by atoms with Crippen LogP contribution in [0.3, 0.4) is 0 Å². The Morgan fingerprint density at radius 3 is 2.89 bits per heavy atom. The van der Waals surface area contributed by atoms with Gasteiger partial charge in [0.1, 0.15) is 5.82 Å². The first kappa shape index (κ1) is 12.6. The molecule has 5 nitrogen and oxygen atoms in total. The fraction of sp³-hybridized carbons (Fsp3) is 0.571. The highest BCUT2D eigenvalue weighted by Crippen LogP contribution is 2.31. The first-order valence-corrected chi connectivity index (χ1v) is 6.77. The Morgan fingerprint density at radius 2 is 2.26 bits per heavy atom. The number of carbonyl (C=O) groups excluding carboxylic acids is 1. The number of aliphatic hydroxyl groups excluding tert-OH is 1. The summed E-state index contributed by atoms with van der Waals surface area (Å²) < 4.78 is 5.37. The number of hydrogen-bond acceptors (Lipinski definition) is 4. The maximum absolute atomic E-state index is 11.7. The number of amides is 1. The van der Waals surface area contributed by atoms with Crippen molar-refractivity contribution < 1.29 is 14.6 Å². The zero-order chi connectivity index (χ0) is 13.2. The average molecular weight is 262 g/mol. The number of nitrogens with one attached hydrogen (secondary N) is 1. The van der Waals surface area contributed by atoms with Crippen LogP contribution >= 0.6 is 0 Å². The fourth-order valence-electron chi connectivity index (χ4n) is 2.43. The fourth-order valence-corrected chi connectivity index (χ4v) is 2.43. The number of anilines is 1. The van der Waals surface area contributed by atoms with Crippen molar-refractivity contribution in [3.63, 3.8) is 0 Å². The Kier molecular flexibility index (Phi) is 3.48. The minimum atomic E-state index is -0.112. The molecule has 2 N–H and O–H groups in total. The normalized spacial score (nSPS) is 22.5. The third-order valence-corrected chi connectivity index (χ3v) is 3.73. The van der Waals surface area contributed by atoms with Crippen LogP contribution in [-0.2, 0) is 16.1 Å². The Balaban J connectivity index is 1.77. The molecule has 1 saturated heterocycles. The molecule has 1 amide bonds. The molecule has 1 saturated carbocycles. The number of rotatable bonds is 4. The first-order valence-electron chi connectivity index (χ1n) is 6.77. The maximum Gasteiger partial charge on any atom is 0.228 e. The van der Waals surface area contributed by atoms with Crippen molar-refractivity contribution in [2.45, 2.75) is 31.8 Å². The molecule has 5 heteroatoms. The van der Waals surface area contributed by atoms with E-state index in [1.54, 1.807) is 0 Å². The Hall–Kier alpha value is -1.46. The molecule has 2 heterocycles. The van der Waals surface area contributed by atoms with Crippen molar-refractivity contribution in [1.29, 1.82) is 0 Å². The quantitative estimate of drug-likeness (QED) is 0.861. The van der Waals surface area contributed by atoms with Gasteiger partial charge in [-0.1, -0.05) is 6.07 Å². The second-order valence-electron chi connectivity index (χ2n) is 5.21.